The van der Waals surface area contributed by atoms with Gasteiger partial charge >= 0.3 is 0 Å². The van der Waals surface area contributed by atoms with Crippen molar-refractivity contribution in [3.8, 4) is 28.5 Å². The SMILES string of the molecule is CC(N)c1cc(OC2[C@H]3CN(C(=O)c4cc(-c5cscn5)nn4C)C[C@@H]23)nc(-c2ccc(F)cc2)c1. The molecule has 1 saturated carbocycles. The second-order valence-corrected chi connectivity index (χ2v) is 10.2. The summed E-state index contributed by atoms with van der Waals surface area (Å²) in [4.78, 5) is 24.0. The molecule has 6 rings (SSSR count). The minimum absolute atomic E-state index is 0.00283. The largest absolute Gasteiger partial charge is 0.474 e. The van der Waals surface area contributed by atoms with Crippen molar-refractivity contribution in [2.45, 2.75) is 19.1 Å². The van der Waals surface area contributed by atoms with Crippen molar-refractivity contribution in [2.24, 2.45) is 24.6 Å². The third-order valence-electron chi connectivity index (χ3n) is 6.94. The van der Waals surface area contributed by atoms with Gasteiger partial charge in [-0.25, -0.2) is 14.4 Å². The number of nitrogens with two attached hydrogens (primary N) is 1. The topological polar surface area (TPSA) is 99.2 Å². The van der Waals surface area contributed by atoms with Crippen LogP contribution in [-0.4, -0.2) is 49.7 Å². The first-order valence-corrected chi connectivity index (χ1v) is 12.7. The van der Waals surface area contributed by atoms with Crippen molar-refractivity contribution >= 4 is 17.2 Å². The Morgan fingerprint density at radius 1 is 1.14 bits per heavy atom. The van der Waals surface area contributed by atoms with Crippen LogP contribution in [0.1, 0.15) is 29.0 Å². The van der Waals surface area contributed by atoms with Crippen LogP contribution in [0.4, 0.5) is 4.39 Å². The van der Waals surface area contributed by atoms with Crippen molar-refractivity contribution in [3.63, 3.8) is 0 Å². The molecule has 0 spiro atoms. The summed E-state index contributed by atoms with van der Waals surface area (Å²) < 4.78 is 21.3. The van der Waals surface area contributed by atoms with Gasteiger partial charge in [0.1, 0.15) is 29.0 Å². The van der Waals surface area contributed by atoms with Crippen molar-refractivity contribution in [2.75, 3.05) is 13.1 Å². The number of aromatic nitrogens is 4. The summed E-state index contributed by atoms with van der Waals surface area (Å²) in [7, 11) is 1.78. The number of amides is 1. The third-order valence-corrected chi connectivity index (χ3v) is 7.53. The summed E-state index contributed by atoms with van der Waals surface area (Å²) in [5.74, 6) is 0.688. The maximum atomic E-state index is 13.4. The zero-order valence-corrected chi connectivity index (χ0v) is 20.7. The van der Waals surface area contributed by atoms with E-state index in [9.17, 15) is 9.18 Å². The molecular formula is C26H25FN6O2S. The summed E-state index contributed by atoms with van der Waals surface area (Å²) in [5, 5.41) is 6.37. The average molecular weight is 505 g/mol. The maximum absolute atomic E-state index is 13.4. The quantitative estimate of drug-likeness (QED) is 0.427. The van der Waals surface area contributed by atoms with Gasteiger partial charge in [0, 0.05) is 55.0 Å². The first kappa shape index (κ1) is 22.8. The Hall–Kier alpha value is -3.63. The highest BCUT2D eigenvalue weighted by Gasteiger charge is 2.59. The molecule has 8 nitrogen and oxygen atoms in total. The van der Waals surface area contributed by atoms with E-state index in [0.717, 1.165) is 16.8 Å². The molecule has 1 saturated heterocycles. The van der Waals surface area contributed by atoms with Gasteiger partial charge in [-0.2, -0.15) is 5.10 Å². The van der Waals surface area contributed by atoms with Crippen LogP contribution in [0.5, 0.6) is 5.88 Å². The summed E-state index contributed by atoms with van der Waals surface area (Å²) in [6.45, 7) is 3.16. The number of piperidine rings is 1. The Bertz CT molecular complexity index is 1410. The molecule has 4 aromatic rings. The van der Waals surface area contributed by atoms with E-state index in [1.54, 1.807) is 35.4 Å². The monoisotopic (exact) mass is 504 g/mol. The fraction of sp³-hybridized carbons (Fsp3) is 0.308. The molecule has 2 fully saturated rings. The molecule has 1 aliphatic heterocycles. The second kappa shape index (κ2) is 8.79. The molecule has 4 heterocycles. The molecule has 2 unspecified atom stereocenters. The molecule has 10 heteroatoms. The van der Waals surface area contributed by atoms with Gasteiger partial charge in [0.05, 0.1) is 11.2 Å². The number of fused-ring (bicyclic) bond motifs is 1. The zero-order valence-electron chi connectivity index (χ0n) is 19.8. The Labute approximate surface area is 211 Å². The molecule has 1 aromatic carbocycles. The molecular weight excluding hydrogens is 479 g/mol. The minimum atomic E-state index is -0.297. The molecule has 4 atom stereocenters. The molecule has 2 N–H and O–H groups in total. The van der Waals surface area contributed by atoms with Crippen molar-refractivity contribution < 1.29 is 13.9 Å². The highest BCUT2D eigenvalue weighted by atomic mass is 32.1. The Morgan fingerprint density at radius 2 is 1.89 bits per heavy atom. The molecule has 1 amide bonds. The smallest absolute Gasteiger partial charge is 0.272 e. The lowest BCUT2D eigenvalue weighted by atomic mass is 10.1. The van der Waals surface area contributed by atoms with Crippen LogP contribution in [0.25, 0.3) is 22.6 Å². The van der Waals surface area contributed by atoms with Gasteiger partial charge < -0.3 is 15.4 Å². The van der Waals surface area contributed by atoms with E-state index >= 15 is 0 Å². The fourth-order valence-corrected chi connectivity index (χ4v) is 5.41. The number of aryl methyl sites for hydroxylation is 1. The predicted molar refractivity (Wildman–Crippen MR) is 134 cm³/mol. The van der Waals surface area contributed by atoms with E-state index in [4.69, 9.17) is 10.5 Å². The molecule has 1 aliphatic carbocycles. The van der Waals surface area contributed by atoms with Gasteiger partial charge in [-0.3, -0.25) is 9.48 Å². The number of thiazole rings is 1. The van der Waals surface area contributed by atoms with Crippen LogP contribution in [0.15, 0.2) is 53.4 Å². The van der Waals surface area contributed by atoms with Crippen LogP contribution < -0.4 is 10.5 Å². The normalized spacial score (nSPS) is 21.3. The number of hydrogen-bond acceptors (Lipinski definition) is 7. The standard InChI is InChI=1S/C26H25FN6O2S/c1-14(28)16-7-20(15-3-5-17(27)6-4-15)30-24(8-16)35-25-18-10-33(11-19(18)25)26(34)23-9-21(31-32(23)2)22-12-36-13-29-22/h3-9,12-14,18-19,25H,10-11,28H2,1-2H3/t14?,18-,19+,25?. The maximum Gasteiger partial charge on any atom is 0.272 e. The Kier molecular flexibility index (Phi) is 5.57. The van der Waals surface area contributed by atoms with Crippen LogP contribution in [0.3, 0.4) is 0 Å². The summed E-state index contributed by atoms with van der Waals surface area (Å²) in [6, 6.07) is 11.6. The number of likely N-dealkylation sites (tertiary alicyclic amines) is 1. The first-order chi connectivity index (χ1) is 17.4. The number of rotatable bonds is 6. The number of halogens is 1. The van der Waals surface area contributed by atoms with E-state index in [1.807, 2.05) is 29.3 Å². The second-order valence-electron chi connectivity index (χ2n) is 9.45. The average Bonchev–Trinajstić information content (AvgIpc) is 3.37. The lowest BCUT2D eigenvalue weighted by Crippen LogP contribution is -2.34. The van der Waals surface area contributed by atoms with Crippen molar-refractivity contribution in [1.82, 2.24) is 24.6 Å². The summed E-state index contributed by atoms with van der Waals surface area (Å²) in [6.07, 6.45) is 0.00283. The van der Waals surface area contributed by atoms with E-state index in [0.29, 0.717) is 36.1 Å². The van der Waals surface area contributed by atoms with Gasteiger partial charge in [0.15, 0.2) is 0 Å². The number of benzene rings is 1. The van der Waals surface area contributed by atoms with Crippen LogP contribution in [-0.2, 0) is 7.05 Å². The van der Waals surface area contributed by atoms with Gasteiger partial charge in [-0.1, -0.05) is 0 Å². The number of pyridine rings is 1. The minimum Gasteiger partial charge on any atom is -0.474 e. The lowest BCUT2D eigenvalue weighted by Gasteiger charge is -2.20. The van der Waals surface area contributed by atoms with Crippen LogP contribution in [0, 0.1) is 17.7 Å². The Balaban J connectivity index is 1.14. The molecule has 0 bridgehead atoms. The van der Waals surface area contributed by atoms with Crippen LogP contribution >= 0.6 is 11.3 Å². The molecule has 3 aromatic heterocycles. The number of nitrogens with zero attached hydrogens (tertiary/aromatic N) is 5. The highest BCUT2D eigenvalue weighted by molar-refractivity contribution is 7.07. The zero-order chi connectivity index (χ0) is 25.0. The number of hydrogen-bond donors (Lipinski definition) is 1. The first-order valence-electron chi connectivity index (χ1n) is 11.8. The number of carbonyl (C=O) groups is 1. The van der Waals surface area contributed by atoms with Gasteiger partial charge in [-0.05, 0) is 48.9 Å². The number of carbonyl (C=O) groups excluding carboxylic acids is 1. The van der Waals surface area contributed by atoms with Gasteiger partial charge in [0.2, 0.25) is 5.88 Å². The summed E-state index contributed by atoms with van der Waals surface area (Å²) in [5.41, 5.74) is 12.3. The molecule has 184 valence electrons. The molecule has 2 aliphatic rings. The van der Waals surface area contributed by atoms with Gasteiger partial charge in [0.25, 0.3) is 5.91 Å². The van der Waals surface area contributed by atoms with E-state index in [-0.39, 0.29) is 35.7 Å². The van der Waals surface area contributed by atoms with Crippen molar-refractivity contribution in [3.05, 3.63) is 70.4 Å². The highest BCUT2D eigenvalue weighted by Crippen LogP contribution is 2.48. The summed E-state index contributed by atoms with van der Waals surface area (Å²) >= 11 is 1.50. The third kappa shape index (κ3) is 4.16. The number of ether oxygens (including phenoxy) is 1. The van der Waals surface area contributed by atoms with Crippen LogP contribution in [0.2, 0.25) is 0 Å². The van der Waals surface area contributed by atoms with E-state index in [2.05, 4.69) is 15.1 Å². The lowest BCUT2D eigenvalue weighted by molar-refractivity contribution is 0.0740. The predicted octanol–water partition coefficient (Wildman–Crippen LogP) is 3.91. The van der Waals surface area contributed by atoms with Crippen molar-refractivity contribution in [1.29, 1.82) is 0 Å². The van der Waals surface area contributed by atoms with Gasteiger partial charge in [-0.15, -0.1) is 11.3 Å². The molecule has 0 radical (unpaired) electrons. The fourth-order valence-electron chi connectivity index (χ4n) is 4.86. The Morgan fingerprint density at radius 3 is 2.56 bits per heavy atom. The van der Waals surface area contributed by atoms with E-state index in [1.165, 1.54) is 23.5 Å². The molecule has 36 heavy (non-hydrogen) atoms. The van der Waals surface area contributed by atoms with E-state index < -0.39 is 0 Å².